The summed E-state index contributed by atoms with van der Waals surface area (Å²) < 4.78 is 32.5. The van der Waals surface area contributed by atoms with Crippen LogP contribution in [0.2, 0.25) is 0 Å². The van der Waals surface area contributed by atoms with Crippen molar-refractivity contribution in [3.05, 3.63) is 77.5 Å². The van der Waals surface area contributed by atoms with Gasteiger partial charge in [-0.15, -0.1) is 0 Å². The third-order valence-corrected chi connectivity index (χ3v) is 6.92. The van der Waals surface area contributed by atoms with E-state index in [4.69, 9.17) is 16.2 Å². The van der Waals surface area contributed by atoms with Gasteiger partial charge >= 0.3 is 5.97 Å². The summed E-state index contributed by atoms with van der Waals surface area (Å²) in [6, 6.07) is 12.1. The number of nitrogens with two attached hydrogens (primary N) is 2. The first kappa shape index (κ1) is 31.6. The first-order valence-corrected chi connectivity index (χ1v) is 14.2. The van der Waals surface area contributed by atoms with Crippen LogP contribution in [0.25, 0.3) is 0 Å². The molecule has 1 aliphatic heterocycles. The van der Waals surface area contributed by atoms with E-state index < -0.39 is 29.2 Å². The Kier molecular flexibility index (Phi) is 10.1. The fraction of sp³-hybridized carbons (Fsp3) is 0.387. The summed E-state index contributed by atoms with van der Waals surface area (Å²) in [5, 5.41) is 6.24. The molecule has 1 amide bonds. The first-order chi connectivity index (χ1) is 20.4. The number of nitrogens with zero attached hydrogens (tertiary/aromatic N) is 3. The number of halogens is 2. The topological polar surface area (TPSA) is 139 Å². The minimum Gasteiger partial charge on any atom is -0.459 e. The van der Waals surface area contributed by atoms with Crippen LogP contribution in [-0.4, -0.2) is 66.1 Å². The number of anilines is 4. The summed E-state index contributed by atoms with van der Waals surface area (Å²) in [6.07, 6.45) is 1.90. The number of carbonyl (C=O) groups excluding carboxylic acids is 2. The van der Waals surface area contributed by atoms with Gasteiger partial charge in [-0.3, -0.25) is 14.5 Å². The van der Waals surface area contributed by atoms with Crippen LogP contribution in [-0.2, 0) is 16.1 Å². The number of rotatable bonds is 11. The van der Waals surface area contributed by atoms with E-state index in [0.717, 1.165) is 50.2 Å². The van der Waals surface area contributed by atoms with Crippen molar-refractivity contribution in [2.45, 2.75) is 45.4 Å². The van der Waals surface area contributed by atoms with Crippen molar-refractivity contribution in [1.29, 1.82) is 0 Å². The third-order valence-electron chi connectivity index (χ3n) is 6.92. The Balaban J connectivity index is 1.30. The maximum absolute atomic E-state index is 13.6. The zero-order chi connectivity index (χ0) is 31.1. The smallest absolute Gasteiger partial charge is 0.323 e. The Bertz CT molecular complexity index is 1400. The van der Waals surface area contributed by atoms with E-state index in [9.17, 15) is 18.4 Å². The molecule has 6 N–H and O–H groups in total. The summed E-state index contributed by atoms with van der Waals surface area (Å²) in [4.78, 5) is 33.0. The lowest BCUT2D eigenvalue weighted by Gasteiger charge is -2.36. The van der Waals surface area contributed by atoms with Crippen molar-refractivity contribution >= 4 is 34.8 Å². The molecule has 1 atom stereocenters. The molecule has 2 heterocycles. The fourth-order valence-corrected chi connectivity index (χ4v) is 4.73. The summed E-state index contributed by atoms with van der Waals surface area (Å²) >= 11 is 0. The normalized spacial score (nSPS) is 14.7. The van der Waals surface area contributed by atoms with Crippen molar-refractivity contribution in [3.8, 4) is 0 Å². The Labute approximate surface area is 250 Å². The number of nitrogens with one attached hydrogen (secondary N) is 2. The van der Waals surface area contributed by atoms with Gasteiger partial charge in [0.1, 0.15) is 29.1 Å². The SMILES string of the molecule is CC(C)(C)OC(=O)C(N)CCN1CCN(c2ccc(Nc3cc(NCc4cc(F)cc(F)c4)c(C(N)=O)cn3)cc2)CC1. The lowest BCUT2D eigenvalue weighted by atomic mass is 10.1. The molecule has 12 heteroatoms. The molecule has 0 spiro atoms. The predicted molar refractivity (Wildman–Crippen MR) is 163 cm³/mol. The lowest BCUT2D eigenvalue weighted by Crippen LogP contribution is -2.48. The zero-order valence-corrected chi connectivity index (χ0v) is 24.7. The van der Waals surface area contributed by atoms with E-state index >= 15 is 0 Å². The highest BCUT2D eigenvalue weighted by Gasteiger charge is 2.24. The highest BCUT2D eigenvalue weighted by Crippen LogP contribution is 2.25. The van der Waals surface area contributed by atoms with Gasteiger partial charge in [-0.2, -0.15) is 0 Å². The molecule has 1 aromatic heterocycles. The van der Waals surface area contributed by atoms with Crippen molar-refractivity contribution < 1.29 is 23.1 Å². The molecule has 2 aromatic carbocycles. The molecule has 1 saturated heterocycles. The van der Waals surface area contributed by atoms with Crippen molar-refractivity contribution in [2.75, 3.05) is 48.3 Å². The number of esters is 1. The molecular formula is C31H39F2N7O3. The van der Waals surface area contributed by atoms with Crippen LogP contribution in [0.15, 0.2) is 54.7 Å². The molecule has 43 heavy (non-hydrogen) atoms. The Morgan fingerprint density at radius 1 is 1.02 bits per heavy atom. The minimum absolute atomic E-state index is 0.0803. The fourth-order valence-electron chi connectivity index (χ4n) is 4.73. The average molecular weight is 596 g/mol. The van der Waals surface area contributed by atoms with Crippen molar-refractivity contribution in [3.63, 3.8) is 0 Å². The van der Waals surface area contributed by atoms with Gasteiger partial charge in [-0.05, 0) is 69.2 Å². The number of benzene rings is 2. The van der Waals surface area contributed by atoms with E-state index in [2.05, 4.69) is 25.4 Å². The van der Waals surface area contributed by atoms with Gasteiger partial charge in [0, 0.05) is 69.0 Å². The first-order valence-electron chi connectivity index (χ1n) is 14.2. The van der Waals surface area contributed by atoms with Crippen molar-refractivity contribution in [1.82, 2.24) is 9.88 Å². The molecule has 10 nitrogen and oxygen atoms in total. The van der Waals surface area contributed by atoms with E-state index in [1.54, 1.807) is 6.07 Å². The second-order valence-corrected chi connectivity index (χ2v) is 11.5. The molecule has 4 rings (SSSR count). The number of hydrogen-bond acceptors (Lipinski definition) is 9. The van der Waals surface area contributed by atoms with Crippen LogP contribution in [0.3, 0.4) is 0 Å². The minimum atomic E-state index is -0.686. The zero-order valence-electron chi connectivity index (χ0n) is 24.7. The van der Waals surface area contributed by atoms with Gasteiger partial charge in [0.25, 0.3) is 5.91 Å². The van der Waals surface area contributed by atoms with Crippen LogP contribution in [0.4, 0.5) is 31.7 Å². The van der Waals surface area contributed by atoms with E-state index in [-0.39, 0.29) is 18.1 Å². The largest absolute Gasteiger partial charge is 0.459 e. The molecule has 0 aliphatic carbocycles. The van der Waals surface area contributed by atoms with Crippen LogP contribution in [0.1, 0.15) is 43.1 Å². The Morgan fingerprint density at radius 3 is 2.28 bits per heavy atom. The number of aromatic nitrogens is 1. The molecule has 1 unspecified atom stereocenters. The highest BCUT2D eigenvalue weighted by molar-refractivity contribution is 5.98. The lowest BCUT2D eigenvalue weighted by molar-refractivity contribution is -0.156. The van der Waals surface area contributed by atoms with E-state index in [1.807, 2.05) is 45.0 Å². The molecule has 3 aromatic rings. The molecule has 0 bridgehead atoms. The maximum Gasteiger partial charge on any atom is 0.323 e. The van der Waals surface area contributed by atoms with Crippen molar-refractivity contribution in [2.24, 2.45) is 11.5 Å². The second-order valence-electron chi connectivity index (χ2n) is 11.5. The van der Waals surface area contributed by atoms with E-state index in [1.165, 1.54) is 18.3 Å². The molecular weight excluding hydrogens is 556 g/mol. The summed E-state index contributed by atoms with van der Waals surface area (Å²) in [7, 11) is 0. The summed E-state index contributed by atoms with van der Waals surface area (Å²) in [5.41, 5.74) is 13.8. The van der Waals surface area contributed by atoms with Gasteiger partial charge < -0.3 is 31.7 Å². The monoisotopic (exact) mass is 595 g/mol. The highest BCUT2D eigenvalue weighted by atomic mass is 19.1. The molecule has 0 radical (unpaired) electrons. The molecule has 1 aliphatic rings. The number of carbonyl (C=O) groups is 2. The molecule has 1 fully saturated rings. The van der Waals surface area contributed by atoms with Crippen LogP contribution >= 0.6 is 0 Å². The van der Waals surface area contributed by atoms with Crippen LogP contribution in [0, 0.1) is 11.6 Å². The van der Waals surface area contributed by atoms with Gasteiger partial charge in [0.15, 0.2) is 0 Å². The third kappa shape index (κ3) is 9.35. The predicted octanol–water partition coefficient (Wildman–Crippen LogP) is 4.00. The van der Waals surface area contributed by atoms with Gasteiger partial charge in [0.05, 0.1) is 11.3 Å². The average Bonchev–Trinajstić information content (AvgIpc) is 2.94. The maximum atomic E-state index is 13.6. The number of ether oxygens (including phenoxy) is 1. The number of pyridine rings is 1. The standard InChI is InChI=1S/C31H39F2N7O3/c1-31(2,3)43-30(42)26(34)8-9-39-10-12-40(13-11-39)24-6-4-23(5-7-24)38-28-17-27(25(19-37-28)29(35)41)36-18-20-14-21(32)16-22(33)15-20/h4-7,14-17,19,26H,8-13,18,34H2,1-3H3,(H2,35,41)(H2,36,37,38). The Morgan fingerprint density at radius 2 is 1.67 bits per heavy atom. The van der Waals surface area contributed by atoms with Gasteiger partial charge in [-0.25, -0.2) is 13.8 Å². The number of primary amides is 1. The van der Waals surface area contributed by atoms with Gasteiger partial charge in [0.2, 0.25) is 0 Å². The number of piperazine rings is 1. The number of amides is 1. The summed E-state index contributed by atoms with van der Waals surface area (Å²) in [5.74, 6) is -1.96. The van der Waals surface area contributed by atoms with E-state index in [0.29, 0.717) is 23.5 Å². The van der Waals surface area contributed by atoms with Crippen LogP contribution in [0.5, 0.6) is 0 Å². The summed E-state index contributed by atoms with van der Waals surface area (Å²) in [6.45, 7) is 9.70. The second kappa shape index (κ2) is 13.8. The quantitative estimate of drug-likeness (QED) is 0.242. The Hall–Kier alpha value is -4.29. The van der Waals surface area contributed by atoms with Gasteiger partial charge in [-0.1, -0.05) is 0 Å². The number of hydrogen-bond donors (Lipinski definition) is 4. The molecule has 0 saturated carbocycles. The van der Waals surface area contributed by atoms with Crippen LogP contribution < -0.4 is 27.0 Å². The molecule has 230 valence electrons.